The summed E-state index contributed by atoms with van der Waals surface area (Å²) in [6.07, 6.45) is 0. The van der Waals surface area contributed by atoms with Crippen molar-refractivity contribution in [3.05, 3.63) is 0 Å². The molecule has 0 aliphatic heterocycles. The van der Waals surface area contributed by atoms with Crippen LogP contribution in [0.2, 0.25) is 0 Å². The fourth-order valence-electron chi connectivity index (χ4n) is 0.0206. The summed E-state index contributed by atoms with van der Waals surface area (Å²) < 4.78 is 14.6. The van der Waals surface area contributed by atoms with Gasteiger partial charge in [-0.2, -0.15) is 0 Å². The molecule has 0 atom stereocenters. The molecule has 36 valence electrons. The van der Waals surface area contributed by atoms with Crippen molar-refractivity contribution in [2.75, 3.05) is 6.67 Å². The van der Waals surface area contributed by atoms with E-state index in [1.807, 2.05) is 0 Å². The predicted molar refractivity (Wildman–Crippen MR) is 21.0 cm³/mol. The fraction of sp³-hybridized carbons (Fsp3) is 0.500. The molecule has 0 aromatic carbocycles. The van der Waals surface area contributed by atoms with Gasteiger partial charge < -0.3 is 3.83 Å². The molecule has 0 spiro atoms. The van der Waals surface area contributed by atoms with E-state index in [9.17, 15) is 9.18 Å². The summed E-state index contributed by atoms with van der Waals surface area (Å²) in [6.45, 7) is -1.08. The lowest BCUT2D eigenvalue weighted by Gasteiger charge is -1.80. The molecule has 0 radical (unpaired) electrons. The molecule has 0 saturated carbocycles. The summed E-state index contributed by atoms with van der Waals surface area (Å²) in [5, 5.41) is 0. The van der Waals surface area contributed by atoms with Crippen LogP contribution < -0.4 is 0 Å². The smallest absolute Gasteiger partial charge is 0.349 e. The highest BCUT2D eigenvalue weighted by Gasteiger charge is 1.93. The molecule has 0 aliphatic rings. The number of carbonyl (C=O) groups excluding carboxylic acids is 1. The van der Waals surface area contributed by atoms with Crippen LogP contribution in [0.4, 0.5) is 4.39 Å². The van der Waals surface area contributed by atoms with Gasteiger partial charge in [0.2, 0.25) is 0 Å². The Hall–Kier alpha value is -0.120. The summed E-state index contributed by atoms with van der Waals surface area (Å²) in [5.74, 6) is -0.907. The molecule has 0 fully saturated rings. The first-order valence-corrected chi connectivity index (χ1v) is 1.83. The lowest BCUT2D eigenvalue weighted by atomic mass is 10.8. The van der Waals surface area contributed by atoms with E-state index in [1.54, 1.807) is 0 Å². The molecule has 0 aliphatic carbocycles. The number of rotatable bonds is 1. The van der Waals surface area contributed by atoms with Crippen LogP contribution in [0.3, 0.4) is 0 Å². The topological polar surface area (TPSA) is 26.3 Å². The van der Waals surface area contributed by atoms with E-state index < -0.39 is 12.6 Å². The Kier molecular flexibility index (Phi) is 3.02. The minimum Gasteiger partial charge on any atom is -0.382 e. The highest BCUT2D eigenvalue weighted by molar-refractivity contribution is 9.06. The fourth-order valence-corrected chi connectivity index (χ4v) is 0.107. The second-order valence-corrected chi connectivity index (χ2v) is 0.907. The molecular weight excluding hydrogens is 155 g/mol. The van der Waals surface area contributed by atoms with Crippen LogP contribution in [0.1, 0.15) is 0 Å². The van der Waals surface area contributed by atoms with Gasteiger partial charge in [-0.15, -0.1) is 0 Å². The summed E-state index contributed by atoms with van der Waals surface area (Å²) in [5.41, 5.74) is 0. The van der Waals surface area contributed by atoms with Crippen LogP contribution in [0.25, 0.3) is 0 Å². The zero-order chi connectivity index (χ0) is 4.99. The predicted octanol–water partition coefficient (Wildman–Crippen LogP) is 0.809. The normalized spacial score (nSPS) is 7.67. The molecule has 0 aromatic heterocycles. The van der Waals surface area contributed by atoms with Gasteiger partial charge in [-0.3, -0.25) is 0 Å². The minimum atomic E-state index is -1.08. The van der Waals surface area contributed by atoms with Crippen molar-refractivity contribution in [1.82, 2.24) is 0 Å². The second-order valence-electron chi connectivity index (χ2n) is 0.583. The molecule has 0 N–H and O–H groups in total. The Morgan fingerprint density at radius 1 is 2.00 bits per heavy atom. The Morgan fingerprint density at radius 3 is 2.50 bits per heavy atom. The van der Waals surface area contributed by atoms with Crippen molar-refractivity contribution >= 4 is 22.2 Å². The lowest BCUT2D eigenvalue weighted by molar-refractivity contribution is -0.133. The minimum absolute atomic E-state index is 0.907. The second kappa shape index (κ2) is 3.08. The quantitative estimate of drug-likeness (QED) is 0.562. The Bertz CT molecular complexity index is 49.5. The summed E-state index contributed by atoms with van der Waals surface area (Å²) in [6, 6.07) is 0. The summed E-state index contributed by atoms with van der Waals surface area (Å²) >= 11 is 2.29. The van der Waals surface area contributed by atoms with Crippen molar-refractivity contribution in [2.45, 2.75) is 0 Å². The number of halogens is 2. The van der Waals surface area contributed by atoms with E-state index >= 15 is 0 Å². The molecule has 0 amide bonds. The number of hydrogen-bond donors (Lipinski definition) is 0. The van der Waals surface area contributed by atoms with Gasteiger partial charge in [0, 0.05) is 0 Å². The zero-order valence-electron chi connectivity index (χ0n) is 2.78. The summed E-state index contributed by atoms with van der Waals surface area (Å²) in [7, 11) is 0. The molecule has 6 heavy (non-hydrogen) atoms. The van der Waals surface area contributed by atoms with E-state index in [0.717, 1.165) is 0 Å². The van der Waals surface area contributed by atoms with Gasteiger partial charge in [-0.25, -0.2) is 9.18 Å². The van der Waals surface area contributed by atoms with Crippen LogP contribution in [0.15, 0.2) is 0 Å². The Balaban J connectivity index is 2.99. The Morgan fingerprint density at radius 2 is 2.50 bits per heavy atom. The van der Waals surface area contributed by atoms with Crippen molar-refractivity contribution in [1.29, 1.82) is 0 Å². The van der Waals surface area contributed by atoms with Gasteiger partial charge in [-0.1, -0.05) is 0 Å². The van der Waals surface area contributed by atoms with Gasteiger partial charge >= 0.3 is 5.97 Å². The van der Waals surface area contributed by atoms with Gasteiger partial charge in [0.15, 0.2) is 22.9 Å². The first-order chi connectivity index (χ1) is 2.81. The average Bonchev–Trinajstić information content (AvgIpc) is 1.65. The van der Waals surface area contributed by atoms with Crippen molar-refractivity contribution in [2.24, 2.45) is 0 Å². The van der Waals surface area contributed by atoms with Crippen LogP contribution in [-0.4, -0.2) is 12.6 Å². The van der Waals surface area contributed by atoms with E-state index in [2.05, 4.69) is 20.1 Å². The molecule has 2 nitrogen and oxygen atoms in total. The SMILES string of the molecule is O=C(CF)OBr. The Labute approximate surface area is 42.7 Å². The molecule has 0 saturated heterocycles. The standard InChI is InChI=1S/C2H2BrFO2/c3-6-2(5)1-4/h1H2. The molecule has 0 heterocycles. The molecule has 0 aromatic rings. The largest absolute Gasteiger partial charge is 0.382 e. The maximum atomic E-state index is 10.9. The van der Waals surface area contributed by atoms with E-state index in [0.29, 0.717) is 0 Å². The third-order valence-corrected chi connectivity index (χ3v) is 0.556. The highest BCUT2D eigenvalue weighted by atomic mass is 79.9. The number of alkyl halides is 1. The van der Waals surface area contributed by atoms with Crippen LogP contribution >= 0.6 is 16.3 Å². The molecule has 0 rings (SSSR count). The van der Waals surface area contributed by atoms with Crippen molar-refractivity contribution in [3.8, 4) is 0 Å². The van der Waals surface area contributed by atoms with Crippen LogP contribution in [0.5, 0.6) is 0 Å². The number of carbonyl (C=O) groups is 1. The molecule has 0 unspecified atom stereocenters. The lowest BCUT2D eigenvalue weighted by Crippen LogP contribution is -1.96. The average molecular weight is 157 g/mol. The maximum Gasteiger partial charge on any atom is 0.349 e. The van der Waals surface area contributed by atoms with E-state index in [4.69, 9.17) is 0 Å². The number of hydrogen-bond acceptors (Lipinski definition) is 2. The molecule has 4 heteroatoms. The van der Waals surface area contributed by atoms with Gasteiger partial charge in [-0.05, 0) is 0 Å². The molecule has 0 bridgehead atoms. The van der Waals surface area contributed by atoms with Crippen molar-refractivity contribution in [3.63, 3.8) is 0 Å². The third-order valence-electron chi connectivity index (χ3n) is 0.195. The third kappa shape index (κ3) is 2.14. The summed E-state index contributed by atoms with van der Waals surface area (Å²) in [4.78, 5) is 9.54. The highest BCUT2D eigenvalue weighted by Crippen LogP contribution is 1.84. The van der Waals surface area contributed by atoms with Crippen LogP contribution in [0, 0.1) is 0 Å². The molecular formula is C2H2BrFO2. The first kappa shape index (κ1) is 5.88. The van der Waals surface area contributed by atoms with Gasteiger partial charge in [0.25, 0.3) is 0 Å². The van der Waals surface area contributed by atoms with Crippen LogP contribution in [-0.2, 0) is 8.62 Å². The zero-order valence-corrected chi connectivity index (χ0v) is 4.37. The monoisotopic (exact) mass is 156 g/mol. The van der Waals surface area contributed by atoms with Gasteiger partial charge in [0.05, 0.1) is 0 Å². The van der Waals surface area contributed by atoms with E-state index in [-0.39, 0.29) is 0 Å². The first-order valence-electron chi connectivity index (χ1n) is 1.18. The maximum absolute atomic E-state index is 10.9. The van der Waals surface area contributed by atoms with Gasteiger partial charge in [0.1, 0.15) is 0 Å². The van der Waals surface area contributed by atoms with Crippen molar-refractivity contribution < 1.29 is 13.0 Å². The van der Waals surface area contributed by atoms with E-state index in [1.165, 1.54) is 0 Å².